The number of rotatable bonds is 4. The van der Waals surface area contributed by atoms with Crippen molar-refractivity contribution >= 4 is 10.0 Å². The van der Waals surface area contributed by atoms with Crippen molar-refractivity contribution < 1.29 is 13.2 Å². The molecule has 0 spiro atoms. The molecule has 26 heavy (non-hydrogen) atoms. The standard InChI is InChI=1S/C20H26N2O3S/c1-15-9-10-16(2)20(13-15)26(23,24)22-12-11-21(3)18(14-22)17-7-5-6-8-19(17)25-4/h5-10,13,18H,11-12,14H2,1-4H3. The summed E-state index contributed by atoms with van der Waals surface area (Å²) in [7, 11) is 0.139. The van der Waals surface area contributed by atoms with E-state index in [1.165, 1.54) is 0 Å². The van der Waals surface area contributed by atoms with Crippen molar-refractivity contribution in [3.63, 3.8) is 0 Å². The molecule has 2 aromatic rings. The Bertz CT molecular complexity index is 896. The summed E-state index contributed by atoms with van der Waals surface area (Å²) in [4.78, 5) is 2.59. The Balaban J connectivity index is 1.96. The SMILES string of the molecule is COc1ccccc1C1CN(S(=O)(=O)c2cc(C)ccc2C)CCN1C. The first-order valence-electron chi connectivity index (χ1n) is 8.75. The largest absolute Gasteiger partial charge is 0.496 e. The quantitative estimate of drug-likeness (QED) is 0.826. The number of methoxy groups -OCH3 is 1. The second-order valence-corrected chi connectivity index (χ2v) is 8.78. The first-order valence-corrected chi connectivity index (χ1v) is 10.2. The summed E-state index contributed by atoms with van der Waals surface area (Å²) in [5, 5.41) is 0. The normalized spacial score (nSPS) is 19.5. The van der Waals surface area contributed by atoms with Gasteiger partial charge in [-0.3, -0.25) is 4.90 Å². The highest BCUT2D eigenvalue weighted by molar-refractivity contribution is 7.89. The number of ether oxygens (including phenoxy) is 1. The Morgan fingerprint density at radius 1 is 1.08 bits per heavy atom. The molecule has 1 unspecified atom stereocenters. The maximum absolute atomic E-state index is 13.3. The van der Waals surface area contributed by atoms with Gasteiger partial charge >= 0.3 is 0 Å². The van der Waals surface area contributed by atoms with E-state index < -0.39 is 10.0 Å². The third kappa shape index (κ3) is 3.49. The van der Waals surface area contributed by atoms with Crippen molar-refractivity contribution in [3.05, 3.63) is 59.2 Å². The number of hydrogen-bond acceptors (Lipinski definition) is 4. The number of hydrogen-bond donors (Lipinski definition) is 0. The van der Waals surface area contributed by atoms with Crippen LogP contribution in [0.25, 0.3) is 0 Å². The molecule has 1 saturated heterocycles. The van der Waals surface area contributed by atoms with Gasteiger partial charge in [-0.2, -0.15) is 4.31 Å². The van der Waals surface area contributed by atoms with Gasteiger partial charge in [0.25, 0.3) is 0 Å². The molecular formula is C20H26N2O3S. The molecule has 0 saturated carbocycles. The highest BCUT2D eigenvalue weighted by Gasteiger charge is 2.35. The van der Waals surface area contributed by atoms with Gasteiger partial charge in [0.1, 0.15) is 5.75 Å². The first kappa shape index (κ1) is 18.9. The monoisotopic (exact) mass is 374 g/mol. The maximum atomic E-state index is 13.3. The second-order valence-electron chi connectivity index (χ2n) is 6.87. The van der Waals surface area contributed by atoms with E-state index >= 15 is 0 Å². The fourth-order valence-corrected chi connectivity index (χ4v) is 5.22. The summed E-state index contributed by atoms with van der Waals surface area (Å²) in [6, 6.07) is 13.3. The van der Waals surface area contributed by atoms with Gasteiger partial charge in [0.15, 0.2) is 0 Å². The molecule has 140 valence electrons. The topological polar surface area (TPSA) is 49.9 Å². The lowest BCUT2D eigenvalue weighted by molar-refractivity contribution is 0.146. The third-order valence-corrected chi connectivity index (χ3v) is 7.08. The van der Waals surface area contributed by atoms with Crippen LogP contribution in [-0.4, -0.2) is 51.4 Å². The van der Waals surface area contributed by atoms with Crippen LogP contribution in [0.1, 0.15) is 22.7 Å². The predicted molar refractivity (Wildman–Crippen MR) is 103 cm³/mol. The molecule has 0 aromatic heterocycles. The van der Waals surface area contributed by atoms with Gasteiger partial charge in [-0.1, -0.05) is 30.3 Å². The predicted octanol–water partition coefficient (Wildman–Crippen LogP) is 2.99. The Kier molecular flexibility index (Phi) is 5.37. The number of para-hydroxylation sites is 1. The van der Waals surface area contributed by atoms with Gasteiger partial charge < -0.3 is 4.74 Å². The van der Waals surface area contributed by atoms with Crippen LogP contribution in [0.2, 0.25) is 0 Å². The molecular weight excluding hydrogens is 348 g/mol. The highest BCUT2D eigenvalue weighted by atomic mass is 32.2. The van der Waals surface area contributed by atoms with Crippen molar-refractivity contribution in [2.45, 2.75) is 24.8 Å². The van der Waals surface area contributed by atoms with Crippen LogP contribution in [0, 0.1) is 13.8 Å². The molecule has 0 N–H and O–H groups in total. The highest BCUT2D eigenvalue weighted by Crippen LogP contribution is 2.33. The maximum Gasteiger partial charge on any atom is 0.243 e. The Labute approximate surface area is 156 Å². The molecule has 1 heterocycles. The molecule has 3 rings (SSSR count). The van der Waals surface area contributed by atoms with Gasteiger partial charge in [-0.25, -0.2) is 8.42 Å². The zero-order valence-electron chi connectivity index (χ0n) is 15.8. The lowest BCUT2D eigenvalue weighted by atomic mass is 10.0. The van der Waals surface area contributed by atoms with Crippen LogP contribution in [0.4, 0.5) is 0 Å². The van der Waals surface area contributed by atoms with E-state index in [9.17, 15) is 8.42 Å². The first-order chi connectivity index (χ1) is 12.3. The zero-order valence-corrected chi connectivity index (χ0v) is 16.6. The van der Waals surface area contributed by atoms with Crippen LogP contribution in [-0.2, 0) is 10.0 Å². The lowest BCUT2D eigenvalue weighted by Crippen LogP contribution is -2.49. The van der Waals surface area contributed by atoms with Crippen molar-refractivity contribution in [1.82, 2.24) is 9.21 Å². The summed E-state index contributed by atoms with van der Waals surface area (Å²) >= 11 is 0. The van der Waals surface area contributed by atoms with E-state index in [0.29, 0.717) is 24.5 Å². The summed E-state index contributed by atoms with van der Waals surface area (Å²) < 4.78 is 33.6. The van der Waals surface area contributed by atoms with E-state index in [1.54, 1.807) is 17.5 Å². The third-order valence-electron chi connectivity index (χ3n) is 5.07. The molecule has 0 bridgehead atoms. The lowest BCUT2D eigenvalue weighted by Gasteiger charge is -2.39. The fourth-order valence-electron chi connectivity index (χ4n) is 3.47. The van der Waals surface area contributed by atoms with Gasteiger partial charge in [0, 0.05) is 25.2 Å². The van der Waals surface area contributed by atoms with Gasteiger partial charge in [-0.15, -0.1) is 0 Å². The Hall–Kier alpha value is -1.89. The average molecular weight is 375 g/mol. The van der Waals surface area contributed by atoms with Crippen molar-refractivity contribution in [2.24, 2.45) is 0 Å². The molecule has 1 aliphatic rings. The van der Waals surface area contributed by atoms with Crippen LogP contribution >= 0.6 is 0 Å². The molecule has 6 heteroatoms. The zero-order chi connectivity index (χ0) is 18.9. The molecule has 0 amide bonds. The van der Waals surface area contributed by atoms with Crippen molar-refractivity contribution in [2.75, 3.05) is 33.8 Å². The van der Waals surface area contributed by atoms with Gasteiger partial charge in [-0.05, 0) is 44.2 Å². The van der Waals surface area contributed by atoms with E-state index in [4.69, 9.17) is 4.74 Å². The van der Waals surface area contributed by atoms with Crippen molar-refractivity contribution in [3.8, 4) is 5.75 Å². The van der Waals surface area contributed by atoms with Crippen molar-refractivity contribution in [1.29, 1.82) is 0 Å². The van der Waals surface area contributed by atoms with Crippen LogP contribution in [0.5, 0.6) is 5.75 Å². The molecule has 1 fully saturated rings. The Morgan fingerprint density at radius 2 is 1.81 bits per heavy atom. The average Bonchev–Trinajstić information content (AvgIpc) is 2.63. The Morgan fingerprint density at radius 3 is 2.54 bits per heavy atom. The smallest absolute Gasteiger partial charge is 0.243 e. The number of sulfonamides is 1. The fraction of sp³-hybridized carbons (Fsp3) is 0.400. The van der Waals surface area contributed by atoms with Gasteiger partial charge in [0.05, 0.1) is 18.0 Å². The number of piperazine rings is 1. The molecule has 1 aliphatic heterocycles. The molecule has 5 nitrogen and oxygen atoms in total. The molecule has 0 aliphatic carbocycles. The van der Waals surface area contributed by atoms with Crippen LogP contribution < -0.4 is 4.74 Å². The number of likely N-dealkylation sites (N-methyl/N-ethyl adjacent to an activating group) is 1. The minimum absolute atomic E-state index is 0.0419. The van der Waals surface area contributed by atoms with E-state index in [-0.39, 0.29) is 6.04 Å². The summed E-state index contributed by atoms with van der Waals surface area (Å²) in [6.07, 6.45) is 0. The number of aryl methyl sites for hydroxylation is 2. The molecule has 0 radical (unpaired) electrons. The minimum Gasteiger partial charge on any atom is -0.496 e. The number of nitrogens with zero attached hydrogens (tertiary/aromatic N) is 2. The van der Waals surface area contributed by atoms with E-state index in [2.05, 4.69) is 4.90 Å². The van der Waals surface area contributed by atoms with Crippen LogP contribution in [0.3, 0.4) is 0 Å². The minimum atomic E-state index is -3.53. The summed E-state index contributed by atoms with van der Waals surface area (Å²) in [6.45, 7) is 5.33. The van der Waals surface area contributed by atoms with E-state index in [0.717, 1.165) is 22.4 Å². The molecule has 2 aromatic carbocycles. The van der Waals surface area contributed by atoms with Crippen LogP contribution in [0.15, 0.2) is 47.4 Å². The summed E-state index contributed by atoms with van der Waals surface area (Å²) in [5.74, 6) is 0.787. The van der Waals surface area contributed by atoms with E-state index in [1.807, 2.05) is 57.3 Å². The number of benzene rings is 2. The van der Waals surface area contributed by atoms with Gasteiger partial charge in [0.2, 0.25) is 10.0 Å². The second kappa shape index (κ2) is 7.39. The molecule has 1 atom stereocenters. The summed E-state index contributed by atoms with van der Waals surface area (Å²) in [5.41, 5.74) is 2.74.